The van der Waals surface area contributed by atoms with Crippen molar-refractivity contribution in [3.8, 4) is 0 Å². The predicted octanol–water partition coefficient (Wildman–Crippen LogP) is 0.280. The zero-order chi connectivity index (χ0) is 14.1. The first kappa shape index (κ1) is 14.9. The number of hydrogen-bond acceptors (Lipinski definition) is 6. The van der Waals surface area contributed by atoms with E-state index in [1.54, 1.807) is 24.3 Å². The van der Waals surface area contributed by atoms with Gasteiger partial charge in [-0.1, -0.05) is 0 Å². The number of carbonyl (C=O) groups excluding carboxylic acids is 1. The zero-order valence-electron chi connectivity index (χ0n) is 10.2. The van der Waals surface area contributed by atoms with Crippen LogP contribution in [0.4, 0.5) is 16.2 Å². The molecule has 8 heteroatoms. The summed E-state index contributed by atoms with van der Waals surface area (Å²) >= 11 is 0. The van der Waals surface area contributed by atoms with Crippen molar-refractivity contribution in [2.75, 3.05) is 36.6 Å². The second-order valence-electron chi connectivity index (χ2n) is 3.63. The third-order valence-electron chi connectivity index (χ3n) is 2.37. The standard InChI is InChI=1S/C11H16N4O4/c16-7-5-15(6-8-17)10-3-1-9(2-4-10)12-13-11(18)14-19/h1-4,12,16-17H,5-8H2,(H,13,18). The Hall–Kier alpha value is -2.19. The van der Waals surface area contributed by atoms with E-state index in [2.05, 4.69) is 16.0 Å². The molecule has 0 spiro atoms. The monoisotopic (exact) mass is 268 g/mol. The molecule has 4 N–H and O–H groups in total. The van der Waals surface area contributed by atoms with Crippen LogP contribution in [0.3, 0.4) is 0 Å². The van der Waals surface area contributed by atoms with E-state index in [-0.39, 0.29) is 13.2 Å². The lowest BCUT2D eigenvalue weighted by atomic mass is 10.2. The third-order valence-corrected chi connectivity index (χ3v) is 2.37. The van der Waals surface area contributed by atoms with Crippen molar-refractivity contribution in [3.63, 3.8) is 0 Å². The SMILES string of the molecule is O=NC(=O)NNc1ccc(N(CCO)CCO)cc1. The summed E-state index contributed by atoms with van der Waals surface area (Å²) in [5, 5.41) is 20.0. The highest BCUT2D eigenvalue weighted by atomic mass is 16.3. The molecule has 0 aliphatic carbocycles. The van der Waals surface area contributed by atoms with Crippen molar-refractivity contribution in [2.24, 2.45) is 5.18 Å². The number of nitrogens with zero attached hydrogens (tertiary/aromatic N) is 2. The van der Waals surface area contributed by atoms with Crippen LogP contribution in [-0.4, -0.2) is 42.5 Å². The van der Waals surface area contributed by atoms with E-state index >= 15 is 0 Å². The Morgan fingerprint density at radius 2 is 1.74 bits per heavy atom. The molecule has 1 aromatic carbocycles. The lowest BCUT2D eigenvalue weighted by Crippen LogP contribution is -2.29. The van der Waals surface area contributed by atoms with Gasteiger partial charge in [0.25, 0.3) is 0 Å². The maximum absolute atomic E-state index is 10.6. The Morgan fingerprint density at radius 3 is 2.21 bits per heavy atom. The summed E-state index contributed by atoms with van der Waals surface area (Å²) < 4.78 is 0. The summed E-state index contributed by atoms with van der Waals surface area (Å²) in [5.74, 6) is 0. The normalized spacial score (nSPS) is 9.79. The van der Waals surface area contributed by atoms with E-state index in [1.165, 1.54) is 0 Å². The number of anilines is 2. The molecule has 104 valence electrons. The number of nitroso groups, excluding NO2 is 1. The maximum atomic E-state index is 10.6. The van der Waals surface area contributed by atoms with Crippen LogP contribution in [0, 0.1) is 4.91 Å². The first-order chi connectivity index (χ1) is 9.21. The van der Waals surface area contributed by atoms with Gasteiger partial charge in [0.05, 0.1) is 18.9 Å². The van der Waals surface area contributed by atoms with Crippen molar-refractivity contribution in [2.45, 2.75) is 0 Å². The van der Waals surface area contributed by atoms with Crippen molar-refractivity contribution < 1.29 is 15.0 Å². The molecule has 0 atom stereocenters. The Bertz CT molecular complexity index is 404. The van der Waals surface area contributed by atoms with Gasteiger partial charge < -0.3 is 15.1 Å². The van der Waals surface area contributed by atoms with Crippen LogP contribution in [0.25, 0.3) is 0 Å². The summed E-state index contributed by atoms with van der Waals surface area (Å²) in [7, 11) is 0. The van der Waals surface area contributed by atoms with Gasteiger partial charge in [-0.3, -0.25) is 5.43 Å². The van der Waals surface area contributed by atoms with Crippen molar-refractivity contribution >= 4 is 17.4 Å². The van der Waals surface area contributed by atoms with Gasteiger partial charge in [0, 0.05) is 24.0 Å². The number of hydrazine groups is 1. The molecule has 0 saturated heterocycles. The van der Waals surface area contributed by atoms with Gasteiger partial charge in [0.1, 0.15) is 0 Å². The summed E-state index contributed by atoms with van der Waals surface area (Å²) in [5.41, 5.74) is 6.01. The van der Waals surface area contributed by atoms with Crippen LogP contribution < -0.4 is 15.8 Å². The largest absolute Gasteiger partial charge is 0.396 e. The van der Waals surface area contributed by atoms with Crippen LogP contribution in [0.15, 0.2) is 29.4 Å². The molecular formula is C11H16N4O4. The third kappa shape index (κ3) is 4.90. The number of urea groups is 1. The number of benzene rings is 1. The molecule has 0 unspecified atom stereocenters. The van der Waals surface area contributed by atoms with Gasteiger partial charge in [0.15, 0.2) is 0 Å². The van der Waals surface area contributed by atoms with Crippen LogP contribution in [-0.2, 0) is 0 Å². The minimum absolute atomic E-state index is 0.0128. The Morgan fingerprint density at radius 1 is 1.16 bits per heavy atom. The maximum Gasteiger partial charge on any atom is 0.396 e. The number of nitrogens with one attached hydrogen (secondary N) is 2. The van der Waals surface area contributed by atoms with Crippen LogP contribution in [0.5, 0.6) is 0 Å². The fourth-order valence-electron chi connectivity index (χ4n) is 1.52. The van der Waals surface area contributed by atoms with Crippen LogP contribution in [0.1, 0.15) is 0 Å². The number of rotatable bonds is 7. The zero-order valence-corrected chi connectivity index (χ0v) is 10.2. The summed E-state index contributed by atoms with van der Waals surface area (Å²) in [6, 6.07) is 5.87. The lowest BCUT2D eigenvalue weighted by molar-refractivity contribution is 0.250. The van der Waals surface area contributed by atoms with E-state index < -0.39 is 6.03 Å². The number of amides is 2. The molecule has 1 aromatic rings. The summed E-state index contributed by atoms with van der Waals surface area (Å²) in [6.45, 7) is 0.806. The van der Waals surface area contributed by atoms with Crippen molar-refractivity contribution in [1.82, 2.24) is 5.43 Å². The minimum Gasteiger partial charge on any atom is -0.395 e. The van der Waals surface area contributed by atoms with Gasteiger partial charge in [-0.05, 0) is 24.3 Å². The molecule has 1 rings (SSSR count). The number of aliphatic hydroxyl groups excluding tert-OH is 2. The van der Waals surface area contributed by atoms with Crippen molar-refractivity contribution in [1.29, 1.82) is 0 Å². The predicted molar refractivity (Wildman–Crippen MR) is 70.8 cm³/mol. The molecule has 0 bridgehead atoms. The average Bonchev–Trinajstić information content (AvgIpc) is 2.45. The van der Waals surface area contributed by atoms with Gasteiger partial charge >= 0.3 is 6.03 Å². The highest BCUT2D eigenvalue weighted by Gasteiger charge is 2.05. The van der Waals surface area contributed by atoms with Gasteiger partial charge in [-0.2, -0.15) is 0 Å². The van der Waals surface area contributed by atoms with Gasteiger partial charge in [-0.15, -0.1) is 4.91 Å². The lowest BCUT2D eigenvalue weighted by Gasteiger charge is -2.23. The highest BCUT2D eigenvalue weighted by molar-refractivity contribution is 5.76. The molecular weight excluding hydrogens is 252 g/mol. The van der Waals surface area contributed by atoms with E-state index in [4.69, 9.17) is 10.2 Å². The molecule has 0 fully saturated rings. The number of carbonyl (C=O) groups is 1. The second-order valence-corrected chi connectivity index (χ2v) is 3.63. The summed E-state index contributed by atoms with van der Waals surface area (Å²) in [6.07, 6.45) is 0. The van der Waals surface area contributed by atoms with E-state index in [0.29, 0.717) is 18.8 Å². The Labute approximate surface area is 110 Å². The van der Waals surface area contributed by atoms with E-state index in [0.717, 1.165) is 5.69 Å². The molecule has 0 aliphatic rings. The second kappa shape index (κ2) is 8.01. The molecule has 0 aromatic heterocycles. The molecule has 0 saturated carbocycles. The molecule has 2 amide bonds. The molecule has 8 nitrogen and oxygen atoms in total. The smallest absolute Gasteiger partial charge is 0.395 e. The molecule has 0 aliphatic heterocycles. The van der Waals surface area contributed by atoms with Crippen molar-refractivity contribution in [3.05, 3.63) is 29.2 Å². The first-order valence-electron chi connectivity index (χ1n) is 5.67. The number of hydrogen-bond donors (Lipinski definition) is 4. The van der Waals surface area contributed by atoms with Crippen LogP contribution in [0.2, 0.25) is 0 Å². The molecule has 0 heterocycles. The quantitative estimate of drug-likeness (QED) is 0.417. The fraction of sp³-hybridized carbons (Fsp3) is 0.364. The number of aliphatic hydroxyl groups is 2. The van der Waals surface area contributed by atoms with Crippen LogP contribution >= 0.6 is 0 Å². The van der Waals surface area contributed by atoms with E-state index in [9.17, 15) is 9.70 Å². The minimum atomic E-state index is -1.01. The van der Waals surface area contributed by atoms with Gasteiger partial charge in [0.2, 0.25) is 0 Å². The average molecular weight is 268 g/mol. The van der Waals surface area contributed by atoms with E-state index in [1.807, 2.05) is 4.90 Å². The first-order valence-corrected chi connectivity index (χ1v) is 5.67. The highest BCUT2D eigenvalue weighted by Crippen LogP contribution is 2.17. The Balaban J connectivity index is 2.63. The topological polar surface area (TPSA) is 114 Å². The van der Waals surface area contributed by atoms with Gasteiger partial charge in [-0.25, -0.2) is 10.2 Å². The fourth-order valence-corrected chi connectivity index (χ4v) is 1.52. The molecule has 0 radical (unpaired) electrons. The summed E-state index contributed by atoms with van der Waals surface area (Å²) in [4.78, 5) is 22.3. The molecule has 19 heavy (non-hydrogen) atoms. The Kier molecular flexibility index (Phi) is 6.27.